The average molecular weight is 413 g/mol. The van der Waals surface area contributed by atoms with Crippen LogP contribution in [-0.2, 0) is 9.59 Å². The highest BCUT2D eigenvalue weighted by molar-refractivity contribution is 5.92. The Labute approximate surface area is 172 Å². The average Bonchev–Trinajstić information content (AvgIpc) is 2.72. The summed E-state index contributed by atoms with van der Waals surface area (Å²) in [4.78, 5) is 37.8. The van der Waals surface area contributed by atoms with Gasteiger partial charge >= 0.3 is 0 Å². The van der Waals surface area contributed by atoms with Crippen molar-refractivity contribution in [2.24, 2.45) is 0 Å². The lowest BCUT2D eigenvalue weighted by Crippen LogP contribution is -3.15. The van der Waals surface area contributed by atoms with Crippen LogP contribution in [0.2, 0.25) is 0 Å². The van der Waals surface area contributed by atoms with Crippen LogP contribution in [0.5, 0.6) is 0 Å². The molecular weight excluding hydrogens is 391 g/mol. The van der Waals surface area contributed by atoms with Gasteiger partial charge in [-0.05, 0) is 30.3 Å². The van der Waals surface area contributed by atoms with E-state index in [0.29, 0.717) is 37.4 Å². The van der Waals surface area contributed by atoms with Gasteiger partial charge in [0, 0.05) is 17.8 Å². The predicted octanol–water partition coefficient (Wildman–Crippen LogP) is 1.11. The number of amides is 2. The lowest BCUT2D eigenvalue weighted by Gasteiger charge is -2.31. The maximum Gasteiger partial charge on any atom is 0.279 e. The molecule has 1 fully saturated rings. The highest BCUT2D eigenvalue weighted by Gasteiger charge is 2.24. The summed E-state index contributed by atoms with van der Waals surface area (Å²) >= 11 is 0. The van der Waals surface area contributed by atoms with E-state index in [1.807, 2.05) is 0 Å². The van der Waals surface area contributed by atoms with Crippen LogP contribution in [0.3, 0.4) is 0 Å². The van der Waals surface area contributed by atoms with E-state index in [4.69, 9.17) is 0 Å². The van der Waals surface area contributed by atoms with Crippen molar-refractivity contribution in [2.45, 2.75) is 0 Å². The minimum absolute atomic E-state index is 0.0554. The normalized spacial score (nSPS) is 14.6. The molecule has 156 valence electrons. The van der Waals surface area contributed by atoms with Crippen LogP contribution >= 0.6 is 0 Å². The van der Waals surface area contributed by atoms with E-state index in [1.54, 1.807) is 29.2 Å². The summed E-state index contributed by atoms with van der Waals surface area (Å²) in [5.74, 6) is -0.857. The Morgan fingerprint density at radius 1 is 1.17 bits per heavy atom. The number of anilines is 1. The zero-order chi connectivity index (χ0) is 21.5. The molecule has 0 bridgehead atoms. The summed E-state index contributed by atoms with van der Waals surface area (Å²) in [6.07, 6.45) is 2.79. The van der Waals surface area contributed by atoms with Gasteiger partial charge in [0.1, 0.15) is 5.82 Å². The first-order chi connectivity index (χ1) is 14.4. The van der Waals surface area contributed by atoms with Crippen LogP contribution in [0.1, 0.15) is 5.56 Å². The van der Waals surface area contributed by atoms with Crippen LogP contribution in [0.15, 0.2) is 54.6 Å². The number of hydrogen-bond acceptors (Lipinski definition) is 4. The third-order valence-electron chi connectivity index (χ3n) is 4.84. The van der Waals surface area contributed by atoms with Gasteiger partial charge in [-0.25, -0.2) is 4.39 Å². The number of hydrogen-bond donors (Lipinski definition) is 2. The molecule has 1 aliphatic heterocycles. The van der Waals surface area contributed by atoms with Gasteiger partial charge in [0.05, 0.1) is 36.7 Å². The van der Waals surface area contributed by atoms with E-state index in [1.165, 1.54) is 36.4 Å². The molecule has 2 N–H and O–H groups in total. The van der Waals surface area contributed by atoms with Crippen molar-refractivity contribution < 1.29 is 23.8 Å². The topological polar surface area (TPSA) is 97.0 Å². The molecule has 0 atom stereocenters. The largest absolute Gasteiger partial charge is 0.328 e. The molecule has 2 aromatic carbocycles. The Morgan fingerprint density at radius 2 is 1.90 bits per heavy atom. The molecule has 2 amide bonds. The second-order valence-corrected chi connectivity index (χ2v) is 6.96. The highest BCUT2D eigenvalue weighted by atomic mass is 19.1. The van der Waals surface area contributed by atoms with E-state index in [0.717, 1.165) is 4.90 Å². The smallest absolute Gasteiger partial charge is 0.279 e. The molecule has 0 radical (unpaired) electrons. The number of rotatable bonds is 6. The number of quaternary nitrogens is 1. The SMILES string of the molecule is O=C(C[NH+]1CCN(C(=O)/C=C/c2ccccc2[N+](=O)[O-])CC1)Nc1cccc(F)c1. The van der Waals surface area contributed by atoms with Crippen molar-refractivity contribution in [1.82, 2.24) is 4.90 Å². The quantitative estimate of drug-likeness (QED) is 0.421. The molecule has 0 spiro atoms. The fraction of sp³-hybridized carbons (Fsp3) is 0.238. The van der Waals surface area contributed by atoms with Crippen molar-refractivity contribution in [1.29, 1.82) is 0 Å². The number of benzene rings is 2. The fourth-order valence-electron chi connectivity index (χ4n) is 3.28. The highest BCUT2D eigenvalue weighted by Crippen LogP contribution is 2.19. The molecule has 1 heterocycles. The zero-order valence-electron chi connectivity index (χ0n) is 16.2. The number of halogens is 1. The van der Waals surface area contributed by atoms with Crippen molar-refractivity contribution in [3.8, 4) is 0 Å². The summed E-state index contributed by atoms with van der Waals surface area (Å²) in [5.41, 5.74) is 0.725. The summed E-state index contributed by atoms with van der Waals surface area (Å²) in [6, 6.07) is 11.9. The standard InChI is InChI=1S/C21H21FN4O4/c22-17-5-3-6-18(14-17)23-20(27)15-24-10-12-25(13-11-24)21(28)9-8-16-4-1-2-7-19(16)26(29)30/h1-9,14H,10-13,15H2,(H,23,27)/p+1/b9-8+. The first-order valence-corrected chi connectivity index (χ1v) is 9.52. The Bertz CT molecular complexity index is 971. The van der Waals surface area contributed by atoms with Gasteiger partial charge in [-0.1, -0.05) is 18.2 Å². The van der Waals surface area contributed by atoms with Crippen LogP contribution in [0.4, 0.5) is 15.8 Å². The van der Waals surface area contributed by atoms with E-state index < -0.39 is 10.7 Å². The Kier molecular flexibility index (Phi) is 6.87. The van der Waals surface area contributed by atoms with Crippen LogP contribution in [0, 0.1) is 15.9 Å². The lowest BCUT2D eigenvalue weighted by atomic mass is 10.1. The second-order valence-electron chi connectivity index (χ2n) is 6.96. The number of para-hydroxylation sites is 1. The first kappa shape index (κ1) is 21.1. The summed E-state index contributed by atoms with van der Waals surface area (Å²) < 4.78 is 13.2. The first-order valence-electron chi connectivity index (χ1n) is 9.52. The molecule has 8 nitrogen and oxygen atoms in total. The van der Waals surface area contributed by atoms with E-state index in [2.05, 4.69) is 5.32 Å². The number of nitro benzene ring substituents is 1. The molecule has 30 heavy (non-hydrogen) atoms. The maximum absolute atomic E-state index is 13.2. The number of nitrogens with one attached hydrogen (secondary N) is 2. The Morgan fingerprint density at radius 3 is 2.60 bits per heavy atom. The van der Waals surface area contributed by atoms with Gasteiger partial charge in [-0.2, -0.15) is 0 Å². The van der Waals surface area contributed by atoms with Crippen molar-refractivity contribution in [3.63, 3.8) is 0 Å². The third kappa shape index (κ3) is 5.71. The second kappa shape index (κ2) is 9.75. The molecular formula is C21H22FN4O4+. The van der Waals surface area contributed by atoms with Crippen molar-refractivity contribution in [2.75, 3.05) is 38.0 Å². The van der Waals surface area contributed by atoms with E-state index in [9.17, 15) is 24.1 Å². The lowest BCUT2D eigenvalue weighted by molar-refractivity contribution is -0.895. The number of carbonyl (C=O) groups excluding carboxylic acids is 2. The fourth-order valence-corrected chi connectivity index (χ4v) is 3.28. The third-order valence-corrected chi connectivity index (χ3v) is 4.84. The van der Waals surface area contributed by atoms with Crippen molar-refractivity contribution >= 4 is 29.3 Å². The van der Waals surface area contributed by atoms with Gasteiger partial charge in [-0.3, -0.25) is 19.7 Å². The summed E-state index contributed by atoms with van der Waals surface area (Å²) in [7, 11) is 0. The Balaban J connectivity index is 1.48. The molecule has 0 aromatic heterocycles. The van der Waals surface area contributed by atoms with E-state index >= 15 is 0 Å². The molecule has 0 saturated carbocycles. The van der Waals surface area contributed by atoms with Crippen LogP contribution < -0.4 is 10.2 Å². The minimum atomic E-state index is -0.485. The van der Waals surface area contributed by atoms with Gasteiger partial charge < -0.3 is 15.1 Å². The molecule has 3 rings (SSSR count). The number of carbonyl (C=O) groups is 2. The molecule has 9 heteroatoms. The molecule has 2 aromatic rings. The monoisotopic (exact) mass is 413 g/mol. The summed E-state index contributed by atoms with van der Waals surface area (Å²) in [5, 5.41) is 13.7. The minimum Gasteiger partial charge on any atom is -0.328 e. The van der Waals surface area contributed by atoms with E-state index in [-0.39, 0.29) is 24.0 Å². The number of nitro groups is 1. The van der Waals surface area contributed by atoms with Crippen LogP contribution in [-0.4, -0.2) is 54.4 Å². The summed E-state index contributed by atoms with van der Waals surface area (Å²) in [6.45, 7) is 2.37. The van der Waals surface area contributed by atoms with Crippen molar-refractivity contribution in [3.05, 3.63) is 76.1 Å². The predicted molar refractivity (Wildman–Crippen MR) is 109 cm³/mol. The van der Waals surface area contributed by atoms with Gasteiger partial charge in [-0.15, -0.1) is 0 Å². The van der Waals surface area contributed by atoms with Gasteiger partial charge in [0.25, 0.3) is 11.6 Å². The zero-order valence-corrected chi connectivity index (χ0v) is 16.2. The molecule has 0 unspecified atom stereocenters. The number of piperazine rings is 1. The molecule has 1 aliphatic rings. The van der Waals surface area contributed by atoms with Gasteiger partial charge in [0.2, 0.25) is 5.91 Å². The maximum atomic E-state index is 13.2. The van der Waals surface area contributed by atoms with Gasteiger partial charge in [0.15, 0.2) is 6.54 Å². The number of nitrogens with zero attached hydrogens (tertiary/aromatic N) is 2. The van der Waals surface area contributed by atoms with Crippen LogP contribution in [0.25, 0.3) is 6.08 Å². The Hall–Kier alpha value is -3.59. The molecule has 1 saturated heterocycles. The molecule has 0 aliphatic carbocycles.